The summed E-state index contributed by atoms with van der Waals surface area (Å²) in [6.45, 7) is 3.78. The molecule has 3 aromatic rings. The molecule has 1 aromatic carbocycles. The molecule has 1 amide bonds. The van der Waals surface area contributed by atoms with Crippen LogP contribution in [0.5, 0.6) is 11.5 Å². The average molecular weight is 452 g/mol. The number of aromatic nitrogens is 3. The molecular formula is C24H29N5O4. The molecule has 174 valence electrons. The van der Waals surface area contributed by atoms with Crippen LogP contribution in [0.15, 0.2) is 24.3 Å². The van der Waals surface area contributed by atoms with Crippen molar-refractivity contribution in [3.8, 4) is 11.5 Å². The number of pyridine rings is 1. The predicted molar refractivity (Wildman–Crippen MR) is 124 cm³/mol. The monoisotopic (exact) mass is 451 g/mol. The molecule has 5 rings (SSSR count). The van der Waals surface area contributed by atoms with E-state index in [9.17, 15) is 4.79 Å². The lowest BCUT2D eigenvalue weighted by atomic mass is 10.1. The van der Waals surface area contributed by atoms with Crippen LogP contribution in [0.2, 0.25) is 0 Å². The Morgan fingerprint density at radius 3 is 2.64 bits per heavy atom. The Morgan fingerprint density at radius 1 is 1.18 bits per heavy atom. The molecule has 9 nitrogen and oxygen atoms in total. The summed E-state index contributed by atoms with van der Waals surface area (Å²) in [5.41, 5.74) is 3.16. The van der Waals surface area contributed by atoms with Crippen molar-refractivity contribution in [2.24, 2.45) is 7.05 Å². The summed E-state index contributed by atoms with van der Waals surface area (Å²) in [6, 6.07) is 7.77. The Balaban J connectivity index is 1.53. The molecule has 2 aliphatic heterocycles. The smallest absolute Gasteiger partial charge is 0.272 e. The second-order valence-electron chi connectivity index (χ2n) is 8.88. The number of fused-ring (bicyclic) bond motifs is 2. The van der Waals surface area contributed by atoms with Crippen LogP contribution >= 0.6 is 0 Å². The SMILES string of the molecule is Cc1cc(C(=O)N(Cc2cc3cc4c(cc3nc2N(C)C)OCO4)CC2CCCO2)n(C)n1. The van der Waals surface area contributed by atoms with Crippen molar-refractivity contribution in [1.82, 2.24) is 19.7 Å². The Labute approximate surface area is 192 Å². The minimum absolute atomic E-state index is 0.0355. The van der Waals surface area contributed by atoms with Gasteiger partial charge >= 0.3 is 0 Å². The Hall–Kier alpha value is -3.33. The molecule has 4 heterocycles. The fraction of sp³-hybridized carbons (Fsp3) is 0.458. The van der Waals surface area contributed by atoms with Gasteiger partial charge in [0.25, 0.3) is 5.91 Å². The molecule has 0 N–H and O–H groups in total. The Bertz CT molecular complexity index is 1200. The molecule has 0 aliphatic carbocycles. The number of aryl methyl sites for hydroxylation is 2. The van der Waals surface area contributed by atoms with Crippen LogP contribution in [0.4, 0.5) is 5.82 Å². The lowest BCUT2D eigenvalue weighted by molar-refractivity contribution is 0.0499. The standard InChI is InChI=1S/C24H29N5O4/c1-15-8-20(28(4)26-15)24(30)29(13-18-6-5-7-31-18)12-17-9-16-10-21-22(33-14-32-21)11-19(16)25-23(17)27(2)3/h8-11,18H,5-7,12-14H2,1-4H3. The first-order valence-corrected chi connectivity index (χ1v) is 11.2. The third-order valence-electron chi connectivity index (χ3n) is 6.11. The number of carbonyl (C=O) groups is 1. The van der Waals surface area contributed by atoms with Crippen molar-refractivity contribution in [2.45, 2.75) is 32.4 Å². The summed E-state index contributed by atoms with van der Waals surface area (Å²) in [5, 5.41) is 5.31. The van der Waals surface area contributed by atoms with Crippen molar-refractivity contribution >= 4 is 22.6 Å². The number of rotatable bonds is 6. The van der Waals surface area contributed by atoms with Gasteiger partial charge in [-0.25, -0.2) is 4.98 Å². The summed E-state index contributed by atoms with van der Waals surface area (Å²) < 4.78 is 18.6. The van der Waals surface area contributed by atoms with E-state index in [1.54, 1.807) is 11.7 Å². The van der Waals surface area contributed by atoms with Gasteiger partial charge in [0.2, 0.25) is 6.79 Å². The molecule has 1 saturated heterocycles. The third-order valence-corrected chi connectivity index (χ3v) is 6.11. The van der Waals surface area contributed by atoms with Crippen molar-refractivity contribution < 1.29 is 19.0 Å². The molecule has 1 atom stereocenters. The molecule has 0 bridgehead atoms. The minimum atomic E-state index is -0.0657. The van der Waals surface area contributed by atoms with E-state index in [4.69, 9.17) is 19.2 Å². The van der Waals surface area contributed by atoms with E-state index in [1.165, 1.54) is 0 Å². The molecule has 9 heteroatoms. The largest absolute Gasteiger partial charge is 0.454 e. The number of carbonyl (C=O) groups excluding carboxylic acids is 1. The molecule has 0 spiro atoms. The van der Waals surface area contributed by atoms with Crippen LogP contribution in [0, 0.1) is 6.92 Å². The van der Waals surface area contributed by atoms with Crippen LogP contribution < -0.4 is 14.4 Å². The predicted octanol–water partition coefficient (Wildman–Crippen LogP) is 2.89. The number of hydrogen-bond donors (Lipinski definition) is 0. The van der Waals surface area contributed by atoms with Gasteiger partial charge < -0.3 is 24.0 Å². The zero-order valence-electron chi connectivity index (χ0n) is 19.5. The van der Waals surface area contributed by atoms with Crippen molar-refractivity contribution in [2.75, 3.05) is 38.9 Å². The van der Waals surface area contributed by atoms with Gasteiger partial charge in [-0.2, -0.15) is 5.10 Å². The summed E-state index contributed by atoms with van der Waals surface area (Å²) in [5.74, 6) is 2.16. The lowest BCUT2D eigenvalue weighted by Gasteiger charge is -2.27. The molecular weight excluding hydrogens is 422 g/mol. The van der Waals surface area contributed by atoms with Crippen LogP contribution in [0.25, 0.3) is 10.9 Å². The maximum absolute atomic E-state index is 13.6. The topological polar surface area (TPSA) is 82.0 Å². The van der Waals surface area contributed by atoms with E-state index in [0.717, 1.165) is 47.4 Å². The zero-order chi connectivity index (χ0) is 23.1. The number of anilines is 1. The van der Waals surface area contributed by atoms with Gasteiger partial charge in [0.05, 0.1) is 17.3 Å². The molecule has 0 saturated carbocycles. The number of ether oxygens (including phenoxy) is 3. The Kier molecular flexibility index (Phi) is 5.57. The van der Waals surface area contributed by atoms with E-state index in [1.807, 2.05) is 49.0 Å². The highest BCUT2D eigenvalue weighted by atomic mass is 16.7. The minimum Gasteiger partial charge on any atom is -0.454 e. The van der Waals surface area contributed by atoms with Gasteiger partial charge in [0.15, 0.2) is 11.5 Å². The molecule has 0 radical (unpaired) electrons. The van der Waals surface area contributed by atoms with E-state index >= 15 is 0 Å². The maximum Gasteiger partial charge on any atom is 0.272 e. The van der Waals surface area contributed by atoms with E-state index in [0.29, 0.717) is 30.3 Å². The Morgan fingerprint density at radius 2 is 1.97 bits per heavy atom. The summed E-state index contributed by atoms with van der Waals surface area (Å²) in [7, 11) is 5.72. The van der Waals surface area contributed by atoms with Gasteiger partial charge in [0, 0.05) is 57.9 Å². The van der Waals surface area contributed by atoms with Gasteiger partial charge in [-0.3, -0.25) is 9.48 Å². The first-order chi connectivity index (χ1) is 15.9. The second-order valence-corrected chi connectivity index (χ2v) is 8.88. The number of nitrogens with zero attached hydrogens (tertiary/aromatic N) is 5. The van der Waals surface area contributed by atoms with Crippen molar-refractivity contribution in [3.63, 3.8) is 0 Å². The number of hydrogen-bond acceptors (Lipinski definition) is 7. The highest BCUT2D eigenvalue weighted by Gasteiger charge is 2.27. The lowest BCUT2D eigenvalue weighted by Crippen LogP contribution is -2.38. The van der Waals surface area contributed by atoms with Crippen molar-refractivity contribution in [3.05, 3.63) is 41.2 Å². The van der Waals surface area contributed by atoms with Crippen molar-refractivity contribution in [1.29, 1.82) is 0 Å². The summed E-state index contributed by atoms with van der Waals surface area (Å²) in [6.07, 6.45) is 2.01. The average Bonchev–Trinajstić information content (AvgIpc) is 3.52. The second kappa shape index (κ2) is 8.55. The first kappa shape index (κ1) is 21.5. The van der Waals surface area contributed by atoms with Crippen LogP contribution in [-0.2, 0) is 18.3 Å². The van der Waals surface area contributed by atoms with Gasteiger partial charge in [-0.05, 0) is 38.0 Å². The van der Waals surface area contributed by atoms with E-state index < -0.39 is 0 Å². The fourth-order valence-electron chi connectivity index (χ4n) is 4.53. The van der Waals surface area contributed by atoms with Crippen LogP contribution in [0.3, 0.4) is 0 Å². The van der Waals surface area contributed by atoms with Crippen LogP contribution in [-0.4, -0.2) is 65.7 Å². The van der Waals surface area contributed by atoms with Gasteiger partial charge in [0.1, 0.15) is 11.5 Å². The molecule has 1 fully saturated rings. The van der Waals surface area contributed by atoms with Gasteiger partial charge in [-0.1, -0.05) is 0 Å². The van der Waals surface area contributed by atoms with E-state index in [-0.39, 0.29) is 18.8 Å². The highest BCUT2D eigenvalue weighted by molar-refractivity contribution is 5.93. The quantitative estimate of drug-likeness (QED) is 0.570. The van der Waals surface area contributed by atoms with Crippen LogP contribution in [0.1, 0.15) is 34.6 Å². The molecule has 33 heavy (non-hydrogen) atoms. The fourth-order valence-corrected chi connectivity index (χ4v) is 4.53. The third kappa shape index (κ3) is 4.20. The maximum atomic E-state index is 13.6. The summed E-state index contributed by atoms with van der Waals surface area (Å²) in [4.78, 5) is 22.3. The molecule has 2 aliphatic rings. The summed E-state index contributed by atoms with van der Waals surface area (Å²) >= 11 is 0. The zero-order valence-corrected chi connectivity index (χ0v) is 19.5. The molecule has 2 aromatic heterocycles. The number of amides is 1. The van der Waals surface area contributed by atoms with E-state index in [2.05, 4.69) is 11.2 Å². The molecule has 1 unspecified atom stereocenters. The first-order valence-electron chi connectivity index (χ1n) is 11.2. The normalized spacial score (nSPS) is 17.0. The number of benzene rings is 1. The van der Waals surface area contributed by atoms with Gasteiger partial charge in [-0.15, -0.1) is 0 Å². The highest BCUT2D eigenvalue weighted by Crippen LogP contribution is 2.37.